The van der Waals surface area contributed by atoms with Crippen LogP contribution >= 0.6 is 22.9 Å². The normalized spacial score (nSPS) is 10.3. The minimum Gasteiger partial charge on any atom is -0.347 e. The average Bonchev–Trinajstić information content (AvgIpc) is 2.92. The van der Waals surface area contributed by atoms with Crippen molar-refractivity contribution in [2.75, 3.05) is 5.43 Å². The molecule has 0 bridgehead atoms. The summed E-state index contributed by atoms with van der Waals surface area (Å²) >= 11 is 7.58. The number of nitrogens with two attached hydrogens (primary N) is 1. The molecule has 4 N–H and O–H groups in total. The molecule has 2 aromatic rings. The molecule has 2 heterocycles. The molecule has 2 aromatic heterocycles. The Bertz CT molecular complexity index is 614. The number of nitrogens with one attached hydrogen (secondary N) is 2. The summed E-state index contributed by atoms with van der Waals surface area (Å²) in [7, 11) is 0. The highest BCUT2D eigenvalue weighted by atomic mass is 35.5. The number of aryl methyl sites for hydroxylation is 1. The van der Waals surface area contributed by atoms with Crippen molar-refractivity contribution >= 4 is 34.7 Å². The van der Waals surface area contributed by atoms with E-state index in [1.54, 1.807) is 11.3 Å². The highest BCUT2D eigenvalue weighted by molar-refractivity contribution is 7.10. The number of amides is 1. The van der Waals surface area contributed by atoms with Crippen molar-refractivity contribution in [3.63, 3.8) is 0 Å². The first kappa shape index (κ1) is 14.8. The van der Waals surface area contributed by atoms with Crippen molar-refractivity contribution < 1.29 is 4.79 Å². The molecule has 0 saturated heterocycles. The monoisotopic (exact) mass is 310 g/mol. The molecule has 0 fully saturated rings. The quantitative estimate of drug-likeness (QED) is 0.586. The topological polar surface area (TPSA) is 80.0 Å². The largest absolute Gasteiger partial charge is 0.347 e. The van der Waals surface area contributed by atoms with E-state index in [0.29, 0.717) is 22.9 Å². The van der Waals surface area contributed by atoms with Crippen LogP contribution in [0.1, 0.15) is 27.7 Å². The molecule has 7 heteroatoms. The molecule has 0 atom stereocenters. The van der Waals surface area contributed by atoms with E-state index in [0.717, 1.165) is 6.42 Å². The van der Waals surface area contributed by atoms with Crippen LogP contribution < -0.4 is 16.6 Å². The number of halogens is 1. The summed E-state index contributed by atoms with van der Waals surface area (Å²) < 4.78 is 0. The van der Waals surface area contributed by atoms with Crippen LogP contribution in [0.25, 0.3) is 0 Å². The molecule has 0 spiro atoms. The van der Waals surface area contributed by atoms with Crippen LogP contribution in [0.4, 0.5) is 5.82 Å². The van der Waals surface area contributed by atoms with Crippen LogP contribution in [0.15, 0.2) is 23.7 Å². The van der Waals surface area contributed by atoms with Gasteiger partial charge in [-0.1, -0.05) is 18.5 Å². The Morgan fingerprint density at radius 2 is 2.35 bits per heavy atom. The third kappa shape index (κ3) is 3.27. The van der Waals surface area contributed by atoms with E-state index in [1.165, 1.54) is 22.7 Å². The molecule has 2 rings (SSSR count). The van der Waals surface area contributed by atoms with Gasteiger partial charge >= 0.3 is 0 Å². The van der Waals surface area contributed by atoms with Gasteiger partial charge in [-0.25, -0.2) is 10.8 Å². The predicted molar refractivity (Wildman–Crippen MR) is 81.9 cm³/mol. The highest BCUT2D eigenvalue weighted by Gasteiger charge is 2.10. The number of carbonyl (C=O) groups is 1. The van der Waals surface area contributed by atoms with Gasteiger partial charge in [-0.15, -0.1) is 11.3 Å². The molecule has 5 nitrogen and oxygen atoms in total. The standard InChI is InChI=1S/C13H15ClN4OS/c1-2-8-3-4-20-11(8)7-17-13(19)9-5-10(14)12(18-15)16-6-9/h3-6H,2,7,15H2,1H3,(H,16,18)(H,17,19). The van der Waals surface area contributed by atoms with Crippen molar-refractivity contribution in [3.05, 3.63) is 44.7 Å². The van der Waals surface area contributed by atoms with Crippen LogP contribution in [0, 0.1) is 0 Å². The lowest BCUT2D eigenvalue weighted by molar-refractivity contribution is 0.0951. The van der Waals surface area contributed by atoms with Gasteiger partial charge in [0.05, 0.1) is 17.1 Å². The Balaban J connectivity index is 2.03. The first-order valence-corrected chi connectivity index (χ1v) is 7.37. The first-order valence-electron chi connectivity index (χ1n) is 6.11. The first-order chi connectivity index (χ1) is 9.65. The van der Waals surface area contributed by atoms with E-state index in [9.17, 15) is 4.79 Å². The number of rotatable bonds is 5. The van der Waals surface area contributed by atoms with Gasteiger partial charge in [-0.05, 0) is 29.5 Å². The zero-order valence-corrected chi connectivity index (χ0v) is 12.5. The molecule has 0 aliphatic carbocycles. The van der Waals surface area contributed by atoms with E-state index < -0.39 is 0 Å². The van der Waals surface area contributed by atoms with E-state index in [-0.39, 0.29) is 5.91 Å². The van der Waals surface area contributed by atoms with Crippen LogP contribution in [0.2, 0.25) is 5.02 Å². The summed E-state index contributed by atoms with van der Waals surface area (Å²) in [6.07, 6.45) is 2.39. The van der Waals surface area contributed by atoms with Gasteiger partial charge in [0.15, 0.2) is 5.82 Å². The van der Waals surface area contributed by atoms with Crippen molar-refractivity contribution in [2.24, 2.45) is 5.84 Å². The highest BCUT2D eigenvalue weighted by Crippen LogP contribution is 2.20. The number of anilines is 1. The van der Waals surface area contributed by atoms with Crippen LogP contribution in [-0.2, 0) is 13.0 Å². The molecule has 0 radical (unpaired) electrons. The molecule has 106 valence electrons. The smallest absolute Gasteiger partial charge is 0.253 e. The average molecular weight is 311 g/mol. The Morgan fingerprint density at radius 1 is 1.55 bits per heavy atom. The Labute approximate surface area is 126 Å². The maximum absolute atomic E-state index is 12.0. The molecule has 0 aliphatic heterocycles. The van der Waals surface area contributed by atoms with E-state index in [1.807, 2.05) is 5.38 Å². The van der Waals surface area contributed by atoms with Crippen LogP contribution in [0.3, 0.4) is 0 Å². The second-order valence-electron chi connectivity index (χ2n) is 4.10. The summed E-state index contributed by atoms with van der Waals surface area (Å²) in [5.74, 6) is 5.37. The number of hydrogen-bond donors (Lipinski definition) is 3. The fourth-order valence-electron chi connectivity index (χ4n) is 1.77. The fraction of sp³-hybridized carbons (Fsp3) is 0.231. The second-order valence-corrected chi connectivity index (χ2v) is 5.51. The number of carbonyl (C=O) groups excluding carboxylic acids is 1. The number of hydrogen-bond acceptors (Lipinski definition) is 5. The summed E-state index contributed by atoms with van der Waals surface area (Å²) in [4.78, 5) is 17.2. The number of hydrazine groups is 1. The Hall–Kier alpha value is -1.63. The van der Waals surface area contributed by atoms with Crippen molar-refractivity contribution in [3.8, 4) is 0 Å². The number of nitrogens with zero attached hydrogens (tertiary/aromatic N) is 1. The Morgan fingerprint density at radius 3 is 3.00 bits per heavy atom. The van der Waals surface area contributed by atoms with Crippen LogP contribution in [0.5, 0.6) is 0 Å². The second kappa shape index (κ2) is 6.69. The molecule has 20 heavy (non-hydrogen) atoms. The van der Waals surface area contributed by atoms with E-state index in [2.05, 4.69) is 28.7 Å². The van der Waals surface area contributed by atoms with Crippen molar-refractivity contribution in [2.45, 2.75) is 19.9 Å². The third-order valence-electron chi connectivity index (χ3n) is 2.87. The van der Waals surface area contributed by atoms with Crippen LogP contribution in [-0.4, -0.2) is 10.9 Å². The zero-order chi connectivity index (χ0) is 14.5. The van der Waals surface area contributed by atoms with Gasteiger partial charge in [-0.2, -0.15) is 0 Å². The lowest BCUT2D eigenvalue weighted by Crippen LogP contribution is -2.23. The summed E-state index contributed by atoms with van der Waals surface area (Å²) in [5, 5.41) is 5.20. The van der Waals surface area contributed by atoms with E-state index >= 15 is 0 Å². The number of nitrogen functional groups attached to an aromatic ring is 1. The molecular weight excluding hydrogens is 296 g/mol. The fourth-order valence-corrected chi connectivity index (χ4v) is 2.90. The summed E-state index contributed by atoms with van der Waals surface area (Å²) in [5.41, 5.74) is 4.02. The lowest BCUT2D eigenvalue weighted by atomic mass is 10.2. The van der Waals surface area contributed by atoms with Crippen molar-refractivity contribution in [1.29, 1.82) is 0 Å². The minimum absolute atomic E-state index is 0.210. The third-order valence-corrected chi connectivity index (χ3v) is 4.12. The molecule has 0 unspecified atom stereocenters. The van der Waals surface area contributed by atoms with Gasteiger partial charge in [0.2, 0.25) is 0 Å². The van der Waals surface area contributed by atoms with Gasteiger partial charge < -0.3 is 10.7 Å². The van der Waals surface area contributed by atoms with Gasteiger partial charge in [0.1, 0.15) is 0 Å². The molecule has 1 amide bonds. The van der Waals surface area contributed by atoms with Gasteiger partial charge in [0.25, 0.3) is 5.91 Å². The SMILES string of the molecule is CCc1ccsc1CNC(=O)c1cnc(NN)c(Cl)c1. The molecule has 0 saturated carbocycles. The lowest BCUT2D eigenvalue weighted by Gasteiger charge is -2.07. The number of aromatic nitrogens is 1. The number of pyridine rings is 1. The maximum atomic E-state index is 12.0. The molecule has 0 aliphatic rings. The minimum atomic E-state index is -0.210. The predicted octanol–water partition coefficient (Wildman–Crippen LogP) is 2.57. The zero-order valence-electron chi connectivity index (χ0n) is 10.9. The number of thiophene rings is 1. The van der Waals surface area contributed by atoms with E-state index in [4.69, 9.17) is 17.4 Å². The summed E-state index contributed by atoms with van der Waals surface area (Å²) in [6.45, 7) is 2.60. The summed E-state index contributed by atoms with van der Waals surface area (Å²) in [6, 6.07) is 3.61. The Kier molecular flexibility index (Phi) is 4.94. The van der Waals surface area contributed by atoms with Gasteiger partial charge in [0, 0.05) is 11.1 Å². The molecule has 0 aromatic carbocycles. The van der Waals surface area contributed by atoms with Crippen molar-refractivity contribution in [1.82, 2.24) is 10.3 Å². The molecular formula is C13H15ClN4OS. The van der Waals surface area contributed by atoms with Gasteiger partial charge in [-0.3, -0.25) is 4.79 Å². The maximum Gasteiger partial charge on any atom is 0.253 e.